The smallest absolute Gasteiger partial charge is 0.322 e. The number of piperazine rings is 1. The highest BCUT2D eigenvalue weighted by Crippen LogP contribution is 2.22. The number of carboxylic acid groups (broad SMARTS) is 1. The first kappa shape index (κ1) is 11.5. The molecular weight excluding hydrogens is 226 g/mol. The van der Waals surface area contributed by atoms with Gasteiger partial charge in [0.2, 0.25) is 0 Å². The Balaban J connectivity index is 2.01. The summed E-state index contributed by atoms with van der Waals surface area (Å²) in [4.78, 5) is 17.3. The SMILES string of the molecule is C[C@H](c1nccs1)N1CCN[C@@H](C(=O)O)C1. The van der Waals surface area contributed by atoms with Gasteiger partial charge in [0.15, 0.2) is 0 Å². The van der Waals surface area contributed by atoms with E-state index in [9.17, 15) is 4.79 Å². The van der Waals surface area contributed by atoms with Gasteiger partial charge < -0.3 is 10.4 Å². The van der Waals surface area contributed by atoms with E-state index in [1.165, 1.54) is 0 Å². The van der Waals surface area contributed by atoms with Crippen molar-refractivity contribution < 1.29 is 9.90 Å². The molecule has 0 spiro atoms. The molecule has 2 rings (SSSR count). The second kappa shape index (κ2) is 4.90. The van der Waals surface area contributed by atoms with Crippen LogP contribution in [-0.4, -0.2) is 46.6 Å². The lowest BCUT2D eigenvalue weighted by molar-refractivity contribution is -0.140. The molecule has 1 aliphatic rings. The second-order valence-electron chi connectivity index (χ2n) is 3.89. The van der Waals surface area contributed by atoms with Crippen LogP contribution in [-0.2, 0) is 4.79 Å². The van der Waals surface area contributed by atoms with Gasteiger partial charge in [-0.25, -0.2) is 4.98 Å². The highest BCUT2D eigenvalue weighted by molar-refractivity contribution is 7.09. The monoisotopic (exact) mass is 241 g/mol. The molecule has 1 fully saturated rings. The van der Waals surface area contributed by atoms with Crippen LogP contribution >= 0.6 is 11.3 Å². The summed E-state index contributed by atoms with van der Waals surface area (Å²) in [6, 6.07) is -0.264. The van der Waals surface area contributed by atoms with Gasteiger partial charge in [-0.1, -0.05) is 0 Å². The molecule has 0 amide bonds. The molecule has 2 atom stereocenters. The zero-order chi connectivity index (χ0) is 11.5. The maximum absolute atomic E-state index is 10.9. The highest BCUT2D eigenvalue weighted by Gasteiger charge is 2.28. The molecule has 1 saturated heterocycles. The topological polar surface area (TPSA) is 65.5 Å². The van der Waals surface area contributed by atoms with Crippen LogP contribution in [0.15, 0.2) is 11.6 Å². The Hall–Kier alpha value is -0.980. The molecule has 1 aromatic heterocycles. The molecule has 6 heteroatoms. The Kier molecular flexibility index (Phi) is 3.52. The summed E-state index contributed by atoms with van der Waals surface area (Å²) in [5, 5.41) is 15.0. The quantitative estimate of drug-likeness (QED) is 0.809. The minimum atomic E-state index is -0.781. The van der Waals surface area contributed by atoms with Crippen LogP contribution in [0, 0.1) is 0 Å². The van der Waals surface area contributed by atoms with Gasteiger partial charge in [0, 0.05) is 31.2 Å². The third kappa shape index (κ3) is 2.40. The molecule has 0 unspecified atom stereocenters. The van der Waals surface area contributed by atoms with Gasteiger partial charge in [-0.3, -0.25) is 9.69 Å². The second-order valence-corrected chi connectivity index (χ2v) is 4.81. The number of thiazole rings is 1. The average Bonchev–Trinajstić information content (AvgIpc) is 2.81. The first-order chi connectivity index (χ1) is 7.68. The standard InChI is InChI=1S/C10H15N3O2S/c1-7(9-12-3-5-16-9)13-4-2-11-8(6-13)10(14)15/h3,5,7-8,11H,2,4,6H2,1H3,(H,14,15)/t7-,8-/m1/s1. The molecule has 0 bridgehead atoms. The molecule has 5 nitrogen and oxygen atoms in total. The van der Waals surface area contributed by atoms with Gasteiger partial charge >= 0.3 is 5.97 Å². The van der Waals surface area contributed by atoms with Gasteiger partial charge in [0.1, 0.15) is 11.0 Å². The largest absolute Gasteiger partial charge is 0.480 e. The lowest BCUT2D eigenvalue weighted by Gasteiger charge is -2.34. The number of rotatable bonds is 3. The van der Waals surface area contributed by atoms with Crippen LogP contribution in [0.5, 0.6) is 0 Å². The average molecular weight is 241 g/mol. The molecule has 2 N–H and O–H groups in total. The van der Waals surface area contributed by atoms with Gasteiger partial charge in [0.25, 0.3) is 0 Å². The maximum atomic E-state index is 10.9. The van der Waals surface area contributed by atoms with Crippen molar-refractivity contribution in [2.24, 2.45) is 0 Å². The van der Waals surface area contributed by atoms with Crippen LogP contribution in [0.2, 0.25) is 0 Å². The third-order valence-corrected chi connectivity index (χ3v) is 3.81. The molecule has 1 aliphatic heterocycles. The minimum absolute atomic E-state index is 0.198. The number of nitrogens with one attached hydrogen (secondary N) is 1. The number of carbonyl (C=O) groups is 1. The van der Waals surface area contributed by atoms with Crippen molar-refractivity contribution in [3.63, 3.8) is 0 Å². The summed E-state index contributed by atoms with van der Waals surface area (Å²) in [7, 11) is 0. The van der Waals surface area contributed by atoms with Crippen LogP contribution < -0.4 is 5.32 Å². The molecule has 2 heterocycles. The Morgan fingerprint density at radius 1 is 1.81 bits per heavy atom. The molecule has 16 heavy (non-hydrogen) atoms. The number of aromatic nitrogens is 1. The van der Waals surface area contributed by atoms with Crippen LogP contribution in [0.4, 0.5) is 0 Å². The summed E-state index contributed by atoms with van der Waals surface area (Å²) in [6.45, 7) is 4.19. The van der Waals surface area contributed by atoms with Crippen molar-refractivity contribution in [1.29, 1.82) is 0 Å². The number of aliphatic carboxylic acids is 1. The van der Waals surface area contributed by atoms with Gasteiger partial charge in [-0.05, 0) is 6.92 Å². The van der Waals surface area contributed by atoms with Crippen LogP contribution in [0.25, 0.3) is 0 Å². The predicted molar refractivity (Wildman–Crippen MR) is 61.5 cm³/mol. The van der Waals surface area contributed by atoms with Crippen molar-refractivity contribution in [2.45, 2.75) is 19.0 Å². The molecule has 0 saturated carbocycles. The fraction of sp³-hybridized carbons (Fsp3) is 0.600. The van der Waals surface area contributed by atoms with Crippen molar-refractivity contribution in [2.75, 3.05) is 19.6 Å². The summed E-state index contributed by atoms with van der Waals surface area (Å²) < 4.78 is 0. The number of nitrogens with zero attached hydrogens (tertiary/aromatic N) is 2. The van der Waals surface area contributed by atoms with Crippen molar-refractivity contribution in [3.05, 3.63) is 16.6 Å². The van der Waals surface area contributed by atoms with E-state index in [4.69, 9.17) is 5.11 Å². The summed E-state index contributed by atoms with van der Waals surface area (Å²) in [5.41, 5.74) is 0. The molecular formula is C10H15N3O2S. The lowest BCUT2D eigenvalue weighted by atomic mass is 10.1. The van der Waals surface area contributed by atoms with Gasteiger partial charge in [-0.15, -0.1) is 11.3 Å². The normalized spacial score (nSPS) is 24.2. The Morgan fingerprint density at radius 3 is 3.25 bits per heavy atom. The van der Waals surface area contributed by atoms with E-state index in [1.54, 1.807) is 17.5 Å². The minimum Gasteiger partial charge on any atom is -0.480 e. The van der Waals surface area contributed by atoms with Crippen molar-refractivity contribution in [3.8, 4) is 0 Å². The molecule has 0 radical (unpaired) electrons. The van der Waals surface area contributed by atoms with Crippen molar-refractivity contribution >= 4 is 17.3 Å². The fourth-order valence-electron chi connectivity index (χ4n) is 1.89. The number of hydrogen-bond acceptors (Lipinski definition) is 5. The summed E-state index contributed by atoms with van der Waals surface area (Å²) >= 11 is 1.61. The van der Waals surface area contributed by atoms with Crippen molar-refractivity contribution in [1.82, 2.24) is 15.2 Å². The third-order valence-electron chi connectivity index (χ3n) is 2.86. The van der Waals surface area contributed by atoms with E-state index in [2.05, 4.69) is 22.1 Å². The fourth-order valence-corrected chi connectivity index (χ4v) is 2.62. The number of carboxylic acids is 1. The highest BCUT2D eigenvalue weighted by atomic mass is 32.1. The van der Waals surface area contributed by atoms with E-state index < -0.39 is 12.0 Å². The Bertz CT molecular complexity index is 355. The predicted octanol–water partition coefficient (Wildman–Crippen LogP) is 0.562. The van der Waals surface area contributed by atoms with E-state index in [1.807, 2.05) is 5.38 Å². The van der Waals surface area contributed by atoms with E-state index in [0.29, 0.717) is 13.1 Å². The lowest BCUT2D eigenvalue weighted by Crippen LogP contribution is -2.54. The maximum Gasteiger partial charge on any atom is 0.322 e. The summed E-state index contributed by atoms with van der Waals surface area (Å²) in [6.07, 6.45) is 1.79. The van der Waals surface area contributed by atoms with Gasteiger partial charge in [0.05, 0.1) is 6.04 Å². The first-order valence-electron chi connectivity index (χ1n) is 5.28. The van der Waals surface area contributed by atoms with Crippen LogP contribution in [0.3, 0.4) is 0 Å². The molecule has 88 valence electrons. The zero-order valence-corrected chi connectivity index (χ0v) is 9.91. The van der Waals surface area contributed by atoms with Crippen LogP contribution in [0.1, 0.15) is 18.0 Å². The molecule has 1 aromatic rings. The van der Waals surface area contributed by atoms with E-state index in [0.717, 1.165) is 11.6 Å². The summed E-state index contributed by atoms with van der Waals surface area (Å²) in [5.74, 6) is -0.781. The Labute approximate surface area is 98.1 Å². The molecule has 0 aromatic carbocycles. The van der Waals surface area contributed by atoms with E-state index in [-0.39, 0.29) is 6.04 Å². The zero-order valence-electron chi connectivity index (χ0n) is 9.09. The molecule has 0 aliphatic carbocycles. The first-order valence-corrected chi connectivity index (χ1v) is 6.16. The Morgan fingerprint density at radius 2 is 2.62 bits per heavy atom. The number of hydrogen-bond donors (Lipinski definition) is 2. The van der Waals surface area contributed by atoms with Gasteiger partial charge in [-0.2, -0.15) is 0 Å². The van der Waals surface area contributed by atoms with E-state index >= 15 is 0 Å².